The van der Waals surface area contributed by atoms with E-state index in [1.165, 1.54) is 17.2 Å². The van der Waals surface area contributed by atoms with Gasteiger partial charge in [-0.25, -0.2) is 8.78 Å². The Morgan fingerprint density at radius 1 is 1.04 bits per heavy atom. The summed E-state index contributed by atoms with van der Waals surface area (Å²) in [6.45, 7) is 2.93. The number of aliphatic imine (C=N–C) groups is 1. The zero-order valence-corrected chi connectivity index (χ0v) is 13.4. The summed E-state index contributed by atoms with van der Waals surface area (Å²) in [5.74, 6) is -0.333. The lowest BCUT2D eigenvalue weighted by atomic mass is 10.1. The zero-order valence-electron chi connectivity index (χ0n) is 13.4. The van der Waals surface area contributed by atoms with Crippen molar-refractivity contribution < 1.29 is 8.78 Å². The van der Waals surface area contributed by atoms with Gasteiger partial charge in [0.1, 0.15) is 11.6 Å². The van der Waals surface area contributed by atoms with E-state index in [9.17, 15) is 8.78 Å². The van der Waals surface area contributed by atoms with Gasteiger partial charge in [-0.1, -0.05) is 29.8 Å². The van der Waals surface area contributed by atoms with Crippen LogP contribution in [0.2, 0.25) is 0 Å². The molecule has 0 radical (unpaired) electrons. The third-order valence-corrected chi connectivity index (χ3v) is 3.50. The topological polar surface area (TPSA) is 36.4 Å². The van der Waals surface area contributed by atoms with Gasteiger partial charge < -0.3 is 10.6 Å². The fourth-order valence-electron chi connectivity index (χ4n) is 2.16. The normalized spacial score (nSPS) is 11.4. The Labute approximate surface area is 135 Å². The summed E-state index contributed by atoms with van der Waals surface area (Å²) in [5.41, 5.74) is 2.73. The highest BCUT2D eigenvalue weighted by molar-refractivity contribution is 5.79. The van der Waals surface area contributed by atoms with Crippen molar-refractivity contribution in [2.24, 2.45) is 4.99 Å². The van der Waals surface area contributed by atoms with E-state index in [0.717, 1.165) is 18.6 Å². The second kappa shape index (κ2) is 8.27. The molecule has 2 aromatic carbocycles. The maximum absolute atomic E-state index is 13.6. The third kappa shape index (κ3) is 5.36. The van der Waals surface area contributed by atoms with Gasteiger partial charge in [0.15, 0.2) is 5.96 Å². The summed E-state index contributed by atoms with van der Waals surface area (Å²) in [6, 6.07) is 11.8. The van der Waals surface area contributed by atoms with E-state index in [0.29, 0.717) is 12.5 Å². The van der Waals surface area contributed by atoms with Crippen LogP contribution >= 0.6 is 0 Å². The van der Waals surface area contributed by atoms with Crippen molar-refractivity contribution in [2.75, 3.05) is 13.6 Å². The number of benzene rings is 2. The Morgan fingerprint density at radius 3 is 2.48 bits per heavy atom. The van der Waals surface area contributed by atoms with E-state index < -0.39 is 11.6 Å². The van der Waals surface area contributed by atoms with Crippen LogP contribution in [-0.4, -0.2) is 19.6 Å². The first-order valence-electron chi connectivity index (χ1n) is 7.52. The van der Waals surface area contributed by atoms with Gasteiger partial charge in [0.25, 0.3) is 0 Å². The lowest BCUT2D eigenvalue weighted by Gasteiger charge is -2.12. The largest absolute Gasteiger partial charge is 0.356 e. The molecule has 0 bridgehead atoms. The fourth-order valence-corrected chi connectivity index (χ4v) is 2.16. The van der Waals surface area contributed by atoms with Crippen LogP contribution in [0.5, 0.6) is 0 Å². The lowest BCUT2D eigenvalue weighted by Crippen LogP contribution is -2.38. The van der Waals surface area contributed by atoms with Gasteiger partial charge >= 0.3 is 0 Å². The van der Waals surface area contributed by atoms with Crippen LogP contribution in [0.1, 0.15) is 16.7 Å². The van der Waals surface area contributed by atoms with Gasteiger partial charge in [0.05, 0.1) is 0 Å². The van der Waals surface area contributed by atoms with Crippen LogP contribution in [0.15, 0.2) is 47.5 Å². The Morgan fingerprint density at radius 2 is 1.78 bits per heavy atom. The molecule has 2 rings (SSSR count). The van der Waals surface area contributed by atoms with Crippen LogP contribution in [-0.2, 0) is 13.0 Å². The molecular formula is C18H21F2N3. The van der Waals surface area contributed by atoms with Crippen molar-refractivity contribution in [3.8, 4) is 0 Å². The molecule has 5 heteroatoms. The van der Waals surface area contributed by atoms with Gasteiger partial charge in [-0.15, -0.1) is 0 Å². The first-order chi connectivity index (χ1) is 11.1. The highest BCUT2D eigenvalue weighted by Gasteiger charge is 2.05. The highest BCUT2D eigenvalue weighted by Crippen LogP contribution is 2.09. The highest BCUT2D eigenvalue weighted by atomic mass is 19.1. The number of halogens is 2. The molecule has 0 unspecified atom stereocenters. The van der Waals surface area contributed by atoms with Crippen molar-refractivity contribution in [1.82, 2.24) is 10.6 Å². The minimum absolute atomic E-state index is 0.174. The molecule has 23 heavy (non-hydrogen) atoms. The Bertz CT molecular complexity index is 666. The minimum Gasteiger partial charge on any atom is -0.356 e. The van der Waals surface area contributed by atoms with Crippen LogP contribution in [0.4, 0.5) is 8.78 Å². The number of hydrogen-bond donors (Lipinski definition) is 2. The molecular weight excluding hydrogens is 296 g/mol. The molecule has 0 aliphatic rings. The number of nitrogens with zero attached hydrogens (tertiary/aromatic N) is 1. The molecule has 2 N–H and O–H groups in total. The quantitative estimate of drug-likeness (QED) is 0.656. The Balaban J connectivity index is 1.81. The number of hydrogen-bond acceptors (Lipinski definition) is 1. The van der Waals surface area contributed by atoms with Gasteiger partial charge in [0.2, 0.25) is 0 Å². The van der Waals surface area contributed by atoms with E-state index in [1.54, 1.807) is 7.05 Å². The maximum Gasteiger partial charge on any atom is 0.191 e. The summed E-state index contributed by atoms with van der Waals surface area (Å²) in [4.78, 5) is 4.08. The third-order valence-electron chi connectivity index (χ3n) is 3.50. The summed E-state index contributed by atoms with van der Waals surface area (Å²) in [5, 5.41) is 6.14. The van der Waals surface area contributed by atoms with Crippen LogP contribution in [0, 0.1) is 18.6 Å². The SMILES string of the molecule is CN=C(NCCc1ccc(C)cc1)NCc1cc(F)ccc1F. The van der Waals surface area contributed by atoms with Crippen LogP contribution < -0.4 is 10.6 Å². The van der Waals surface area contributed by atoms with Crippen molar-refractivity contribution in [3.63, 3.8) is 0 Å². The molecule has 0 saturated heterocycles. The average molecular weight is 317 g/mol. The van der Waals surface area contributed by atoms with Crippen molar-refractivity contribution in [1.29, 1.82) is 0 Å². The monoisotopic (exact) mass is 317 g/mol. The van der Waals surface area contributed by atoms with E-state index in [1.807, 2.05) is 0 Å². The van der Waals surface area contributed by atoms with E-state index >= 15 is 0 Å². The Kier molecular flexibility index (Phi) is 6.09. The predicted octanol–water partition coefficient (Wildman–Crippen LogP) is 3.18. The van der Waals surface area contributed by atoms with Crippen molar-refractivity contribution in [3.05, 3.63) is 70.8 Å². The van der Waals surface area contributed by atoms with Gasteiger partial charge in [-0.3, -0.25) is 4.99 Å². The number of aryl methyl sites for hydroxylation is 1. The van der Waals surface area contributed by atoms with Crippen LogP contribution in [0.25, 0.3) is 0 Å². The molecule has 2 aromatic rings. The molecule has 0 aromatic heterocycles. The van der Waals surface area contributed by atoms with E-state index in [4.69, 9.17) is 0 Å². The number of nitrogens with one attached hydrogen (secondary N) is 2. The smallest absolute Gasteiger partial charge is 0.191 e. The second-order valence-electron chi connectivity index (χ2n) is 5.32. The molecule has 0 aliphatic carbocycles. The van der Waals surface area contributed by atoms with Crippen molar-refractivity contribution in [2.45, 2.75) is 19.9 Å². The standard InChI is InChI=1S/C18H21F2N3/c1-13-3-5-14(6-4-13)9-10-22-18(21-2)23-12-15-11-16(19)7-8-17(15)20/h3-8,11H,9-10,12H2,1-2H3,(H2,21,22,23). The molecule has 0 fully saturated rings. The molecule has 122 valence electrons. The molecule has 0 aliphatic heterocycles. The number of guanidine groups is 1. The summed E-state index contributed by atoms with van der Waals surface area (Å²) in [6.07, 6.45) is 0.856. The average Bonchev–Trinajstić information content (AvgIpc) is 2.55. The summed E-state index contributed by atoms with van der Waals surface area (Å²) in [7, 11) is 1.64. The summed E-state index contributed by atoms with van der Waals surface area (Å²) >= 11 is 0. The first kappa shape index (κ1) is 16.9. The van der Waals surface area contributed by atoms with E-state index in [-0.39, 0.29) is 12.1 Å². The Hall–Kier alpha value is -2.43. The molecule has 0 spiro atoms. The second-order valence-corrected chi connectivity index (χ2v) is 5.32. The summed E-state index contributed by atoms with van der Waals surface area (Å²) < 4.78 is 26.7. The van der Waals surface area contributed by atoms with Gasteiger partial charge in [-0.05, 0) is 37.1 Å². The molecule has 0 atom stereocenters. The van der Waals surface area contributed by atoms with Crippen molar-refractivity contribution >= 4 is 5.96 Å². The maximum atomic E-state index is 13.6. The molecule has 0 heterocycles. The molecule has 0 amide bonds. The minimum atomic E-state index is -0.453. The number of rotatable bonds is 5. The predicted molar refractivity (Wildman–Crippen MR) is 89.4 cm³/mol. The molecule has 0 saturated carbocycles. The molecule has 3 nitrogen and oxygen atoms in total. The fraction of sp³-hybridized carbons (Fsp3) is 0.278. The lowest BCUT2D eigenvalue weighted by molar-refractivity contribution is 0.581. The zero-order chi connectivity index (χ0) is 16.7. The van der Waals surface area contributed by atoms with E-state index in [2.05, 4.69) is 46.8 Å². The van der Waals surface area contributed by atoms with Gasteiger partial charge in [-0.2, -0.15) is 0 Å². The first-order valence-corrected chi connectivity index (χ1v) is 7.52. The van der Waals surface area contributed by atoms with Gasteiger partial charge in [0, 0.05) is 25.7 Å². The van der Waals surface area contributed by atoms with Crippen LogP contribution in [0.3, 0.4) is 0 Å².